The predicted octanol–water partition coefficient (Wildman–Crippen LogP) is 4.89. The quantitative estimate of drug-likeness (QED) is 0.333. The van der Waals surface area contributed by atoms with Gasteiger partial charge in [0, 0.05) is 37.6 Å². The van der Waals surface area contributed by atoms with Crippen LogP contribution in [-0.2, 0) is 6.18 Å². The van der Waals surface area contributed by atoms with E-state index in [2.05, 4.69) is 20.9 Å². The summed E-state index contributed by atoms with van der Waals surface area (Å²) in [5.41, 5.74) is 4.53. The normalized spacial score (nSPS) is 10.9. The van der Waals surface area contributed by atoms with Gasteiger partial charge in [-0.15, -0.1) is 0 Å². The summed E-state index contributed by atoms with van der Waals surface area (Å²) in [5, 5.41) is 6.73. The van der Waals surface area contributed by atoms with Crippen LogP contribution in [0.15, 0.2) is 54.7 Å². The molecular weight excluding hydrogens is 503 g/mol. The lowest BCUT2D eigenvalue weighted by Crippen LogP contribution is -2.21. The first kappa shape index (κ1) is 26.6. The minimum atomic E-state index is -4.73. The number of nitrogens with two attached hydrogens (primary N) is 1. The molecule has 0 aliphatic heterocycles. The number of hydrogen-bond acceptors (Lipinski definition) is 6. The lowest BCUT2D eigenvalue weighted by Gasteiger charge is -2.17. The zero-order chi connectivity index (χ0) is 26.3. The van der Waals surface area contributed by atoms with Crippen LogP contribution in [0.4, 0.5) is 29.3 Å². The van der Waals surface area contributed by atoms with Gasteiger partial charge < -0.3 is 31.2 Å². The standard InChI is InChI=1S/C23H21ClF3N5O4/c1-29-21(33)19-10-15(6-8-30-19)36-14-4-2-13(3-5-14)31-22(34)32-18-11-16(23(25,26)27)17(24)12-20(18)35-9-7-28/h2-6,8,10-12H,7,9,28H2,1H3,(H,29,33)(H2,31,32,34). The van der Waals surface area contributed by atoms with E-state index < -0.39 is 22.8 Å². The Hall–Kier alpha value is -4.03. The highest BCUT2D eigenvalue weighted by molar-refractivity contribution is 6.31. The van der Waals surface area contributed by atoms with Crippen LogP contribution in [0.1, 0.15) is 16.1 Å². The molecule has 0 spiro atoms. The van der Waals surface area contributed by atoms with Crippen molar-refractivity contribution in [1.82, 2.24) is 10.3 Å². The number of ether oxygens (including phenoxy) is 2. The monoisotopic (exact) mass is 523 g/mol. The SMILES string of the molecule is CNC(=O)c1cc(Oc2ccc(NC(=O)Nc3cc(C(F)(F)F)c(Cl)cc3OCCN)cc2)ccn1. The van der Waals surface area contributed by atoms with E-state index in [1.807, 2.05) is 0 Å². The topological polar surface area (TPSA) is 128 Å². The minimum Gasteiger partial charge on any atom is -0.490 e. The average Bonchev–Trinajstić information content (AvgIpc) is 2.84. The molecule has 0 unspecified atom stereocenters. The smallest absolute Gasteiger partial charge is 0.417 e. The highest BCUT2D eigenvalue weighted by Crippen LogP contribution is 2.40. The Labute approximate surface area is 208 Å². The lowest BCUT2D eigenvalue weighted by atomic mass is 10.1. The molecule has 0 radical (unpaired) electrons. The minimum absolute atomic E-state index is 0.00153. The van der Waals surface area contributed by atoms with Gasteiger partial charge in [-0.3, -0.25) is 9.78 Å². The van der Waals surface area contributed by atoms with E-state index in [1.165, 1.54) is 31.4 Å². The second kappa shape index (κ2) is 11.6. The molecule has 0 fully saturated rings. The number of alkyl halides is 3. The maximum atomic E-state index is 13.3. The van der Waals surface area contributed by atoms with Crippen molar-refractivity contribution in [2.24, 2.45) is 5.73 Å². The van der Waals surface area contributed by atoms with E-state index in [4.69, 9.17) is 26.8 Å². The number of carbonyl (C=O) groups is 2. The van der Waals surface area contributed by atoms with Crippen molar-refractivity contribution in [1.29, 1.82) is 0 Å². The Morgan fingerprint density at radius 1 is 1.06 bits per heavy atom. The lowest BCUT2D eigenvalue weighted by molar-refractivity contribution is -0.137. The molecule has 0 saturated carbocycles. The van der Waals surface area contributed by atoms with Gasteiger partial charge in [-0.2, -0.15) is 13.2 Å². The van der Waals surface area contributed by atoms with Crippen molar-refractivity contribution in [3.63, 3.8) is 0 Å². The second-order valence-corrected chi connectivity index (χ2v) is 7.53. The molecule has 190 valence electrons. The highest BCUT2D eigenvalue weighted by atomic mass is 35.5. The molecule has 36 heavy (non-hydrogen) atoms. The number of nitrogens with zero attached hydrogens (tertiary/aromatic N) is 1. The molecule has 3 rings (SSSR count). The van der Waals surface area contributed by atoms with Crippen LogP contribution >= 0.6 is 11.6 Å². The van der Waals surface area contributed by atoms with Gasteiger partial charge in [0.25, 0.3) is 5.91 Å². The molecule has 1 heterocycles. The number of hydrogen-bond donors (Lipinski definition) is 4. The summed E-state index contributed by atoms with van der Waals surface area (Å²) >= 11 is 5.74. The number of anilines is 2. The molecule has 3 amide bonds. The zero-order valence-electron chi connectivity index (χ0n) is 18.8. The Bertz CT molecular complexity index is 1240. The van der Waals surface area contributed by atoms with Crippen LogP contribution in [0.2, 0.25) is 5.02 Å². The van der Waals surface area contributed by atoms with Crippen LogP contribution in [0, 0.1) is 0 Å². The molecule has 9 nitrogen and oxygen atoms in total. The van der Waals surface area contributed by atoms with Gasteiger partial charge in [-0.05, 0) is 36.4 Å². The number of nitrogens with one attached hydrogen (secondary N) is 3. The van der Waals surface area contributed by atoms with Gasteiger partial charge in [0.05, 0.1) is 16.3 Å². The number of halogens is 4. The molecule has 0 atom stereocenters. The molecule has 0 aliphatic rings. The third kappa shape index (κ3) is 6.99. The summed E-state index contributed by atoms with van der Waals surface area (Å²) in [5.74, 6) is 0.340. The van der Waals surface area contributed by atoms with Crippen molar-refractivity contribution < 1.29 is 32.2 Å². The first-order chi connectivity index (χ1) is 17.1. The number of amides is 3. The van der Waals surface area contributed by atoms with Gasteiger partial charge in [-0.25, -0.2) is 4.79 Å². The number of benzene rings is 2. The van der Waals surface area contributed by atoms with Crippen LogP contribution in [0.25, 0.3) is 0 Å². The Morgan fingerprint density at radius 3 is 2.42 bits per heavy atom. The molecule has 0 saturated heterocycles. The largest absolute Gasteiger partial charge is 0.490 e. The third-order valence-electron chi connectivity index (χ3n) is 4.54. The van der Waals surface area contributed by atoms with E-state index in [1.54, 1.807) is 18.2 Å². The zero-order valence-corrected chi connectivity index (χ0v) is 19.5. The van der Waals surface area contributed by atoms with E-state index in [-0.39, 0.29) is 36.2 Å². The van der Waals surface area contributed by atoms with Crippen molar-refractivity contribution in [2.75, 3.05) is 30.8 Å². The molecular formula is C23H21ClF3N5O4. The van der Waals surface area contributed by atoms with Crippen LogP contribution in [0.3, 0.4) is 0 Å². The van der Waals surface area contributed by atoms with Crippen LogP contribution in [0.5, 0.6) is 17.2 Å². The molecule has 2 aromatic carbocycles. The van der Waals surface area contributed by atoms with Gasteiger partial charge in [0.2, 0.25) is 0 Å². The molecule has 0 bridgehead atoms. The number of urea groups is 1. The Morgan fingerprint density at radius 2 is 1.78 bits per heavy atom. The highest BCUT2D eigenvalue weighted by Gasteiger charge is 2.34. The predicted molar refractivity (Wildman–Crippen MR) is 128 cm³/mol. The number of rotatable bonds is 8. The maximum Gasteiger partial charge on any atom is 0.417 e. The molecule has 5 N–H and O–H groups in total. The van der Waals surface area contributed by atoms with Crippen molar-refractivity contribution in [3.8, 4) is 17.2 Å². The molecule has 3 aromatic rings. The molecule has 0 aliphatic carbocycles. The number of pyridine rings is 1. The van der Waals surface area contributed by atoms with Crippen LogP contribution < -0.4 is 31.2 Å². The van der Waals surface area contributed by atoms with E-state index in [9.17, 15) is 22.8 Å². The summed E-state index contributed by atoms with van der Waals surface area (Å²) in [4.78, 5) is 28.1. The van der Waals surface area contributed by atoms with Crippen molar-refractivity contribution in [2.45, 2.75) is 6.18 Å². The molecule has 1 aromatic heterocycles. The number of carbonyl (C=O) groups excluding carboxylic acids is 2. The van der Waals surface area contributed by atoms with Gasteiger partial charge in [-0.1, -0.05) is 11.6 Å². The summed E-state index contributed by atoms with van der Waals surface area (Å²) in [6.45, 7) is 0.104. The van der Waals surface area contributed by atoms with Crippen molar-refractivity contribution >= 4 is 34.9 Å². The summed E-state index contributed by atoms with van der Waals surface area (Å²) < 4.78 is 50.8. The Kier molecular flexibility index (Phi) is 8.56. The third-order valence-corrected chi connectivity index (χ3v) is 4.85. The fourth-order valence-electron chi connectivity index (χ4n) is 2.91. The number of aromatic nitrogens is 1. The van der Waals surface area contributed by atoms with Gasteiger partial charge in [0.1, 0.15) is 29.5 Å². The van der Waals surface area contributed by atoms with E-state index in [0.29, 0.717) is 23.3 Å². The van der Waals surface area contributed by atoms with Crippen LogP contribution in [-0.4, -0.2) is 37.1 Å². The van der Waals surface area contributed by atoms with E-state index in [0.717, 1.165) is 6.07 Å². The first-order valence-electron chi connectivity index (χ1n) is 10.4. The summed E-state index contributed by atoms with van der Waals surface area (Å²) in [6, 6.07) is 10.0. The Balaban J connectivity index is 1.70. The maximum absolute atomic E-state index is 13.3. The van der Waals surface area contributed by atoms with Crippen molar-refractivity contribution in [3.05, 3.63) is 71.0 Å². The summed E-state index contributed by atoms with van der Waals surface area (Å²) in [6.07, 6.45) is -3.31. The fraction of sp³-hybridized carbons (Fsp3) is 0.174. The first-order valence-corrected chi connectivity index (χ1v) is 10.8. The summed E-state index contributed by atoms with van der Waals surface area (Å²) in [7, 11) is 1.48. The van der Waals surface area contributed by atoms with E-state index >= 15 is 0 Å². The average molecular weight is 524 g/mol. The van der Waals surface area contributed by atoms with Gasteiger partial charge in [0.15, 0.2) is 0 Å². The second-order valence-electron chi connectivity index (χ2n) is 7.12. The molecule has 13 heteroatoms. The van der Waals surface area contributed by atoms with Gasteiger partial charge >= 0.3 is 12.2 Å². The fourth-order valence-corrected chi connectivity index (χ4v) is 3.17.